The van der Waals surface area contributed by atoms with Gasteiger partial charge in [0.2, 0.25) is 0 Å². The van der Waals surface area contributed by atoms with E-state index in [2.05, 4.69) is 6.92 Å². The van der Waals surface area contributed by atoms with Crippen LogP contribution in [0.3, 0.4) is 0 Å². The van der Waals surface area contributed by atoms with Crippen molar-refractivity contribution in [3.05, 3.63) is 21.4 Å². The zero-order valence-electron chi connectivity index (χ0n) is 10.6. The van der Waals surface area contributed by atoms with Crippen molar-refractivity contribution in [2.75, 3.05) is 13.6 Å². The van der Waals surface area contributed by atoms with Crippen molar-refractivity contribution in [3.8, 4) is 0 Å². The Balaban J connectivity index is 2.19. The van der Waals surface area contributed by atoms with Crippen LogP contribution in [0.1, 0.15) is 34.1 Å². The highest BCUT2D eigenvalue weighted by Crippen LogP contribution is 2.33. The molecule has 5 heteroatoms. The molecule has 1 aromatic rings. The highest BCUT2D eigenvalue weighted by Gasteiger charge is 2.25. The normalized spacial score (nSPS) is 18.2. The van der Waals surface area contributed by atoms with Crippen molar-refractivity contribution in [2.45, 2.75) is 26.2 Å². The van der Waals surface area contributed by atoms with Gasteiger partial charge in [-0.15, -0.1) is 11.3 Å². The lowest BCUT2D eigenvalue weighted by Gasteiger charge is -2.20. The van der Waals surface area contributed by atoms with E-state index in [-0.39, 0.29) is 12.5 Å². The molecule has 1 N–H and O–H groups in total. The van der Waals surface area contributed by atoms with Crippen molar-refractivity contribution >= 4 is 23.2 Å². The molecule has 1 unspecified atom stereocenters. The summed E-state index contributed by atoms with van der Waals surface area (Å²) in [4.78, 5) is 25.3. The van der Waals surface area contributed by atoms with Crippen LogP contribution in [0.25, 0.3) is 0 Å². The van der Waals surface area contributed by atoms with Gasteiger partial charge in [-0.25, -0.2) is 0 Å². The first-order valence-electron chi connectivity index (χ1n) is 6.05. The van der Waals surface area contributed by atoms with Crippen LogP contribution in [0, 0.1) is 5.92 Å². The molecule has 1 aromatic heterocycles. The first kappa shape index (κ1) is 13.1. The highest BCUT2D eigenvalue weighted by atomic mass is 32.1. The van der Waals surface area contributed by atoms with E-state index in [9.17, 15) is 9.59 Å². The predicted molar refractivity (Wildman–Crippen MR) is 70.1 cm³/mol. The molecule has 1 aliphatic carbocycles. The topological polar surface area (TPSA) is 57.6 Å². The standard InChI is InChI=1S/C13H17NO3S/c1-8-3-4-9-10(7-18-11(9)5-8)13(17)14(2)6-12(15)16/h7-8H,3-6H2,1-2H3,(H,15,16). The van der Waals surface area contributed by atoms with Gasteiger partial charge in [0.05, 0.1) is 5.56 Å². The summed E-state index contributed by atoms with van der Waals surface area (Å²) in [5.41, 5.74) is 1.84. The number of hydrogen-bond acceptors (Lipinski definition) is 3. The summed E-state index contributed by atoms with van der Waals surface area (Å²) in [6, 6.07) is 0. The molecule has 0 fully saturated rings. The second-order valence-electron chi connectivity index (χ2n) is 4.95. The Morgan fingerprint density at radius 1 is 1.56 bits per heavy atom. The molecule has 18 heavy (non-hydrogen) atoms. The molecule has 1 atom stereocenters. The van der Waals surface area contributed by atoms with Crippen molar-refractivity contribution in [1.82, 2.24) is 4.90 Å². The zero-order valence-corrected chi connectivity index (χ0v) is 11.4. The minimum Gasteiger partial charge on any atom is -0.480 e. The number of rotatable bonds is 3. The van der Waals surface area contributed by atoms with Gasteiger partial charge in [0, 0.05) is 17.3 Å². The number of nitrogens with zero attached hydrogens (tertiary/aromatic N) is 1. The number of aliphatic carboxylic acids is 1. The van der Waals surface area contributed by atoms with E-state index in [1.807, 2.05) is 5.38 Å². The van der Waals surface area contributed by atoms with Crippen molar-refractivity contribution in [2.24, 2.45) is 5.92 Å². The van der Waals surface area contributed by atoms with Gasteiger partial charge in [-0.3, -0.25) is 9.59 Å². The van der Waals surface area contributed by atoms with E-state index >= 15 is 0 Å². The first-order chi connectivity index (χ1) is 8.49. The Morgan fingerprint density at radius 3 is 2.94 bits per heavy atom. The summed E-state index contributed by atoms with van der Waals surface area (Å²) in [6.45, 7) is 1.97. The minimum atomic E-state index is -0.983. The smallest absolute Gasteiger partial charge is 0.323 e. The maximum absolute atomic E-state index is 12.2. The van der Waals surface area contributed by atoms with E-state index in [0.717, 1.165) is 24.8 Å². The Morgan fingerprint density at radius 2 is 2.28 bits per heavy atom. The fourth-order valence-electron chi connectivity index (χ4n) is 2.34. The quantitative estimate of drug-likeness (QED) is 0.911. The molecular formula is C13H17NO3S. The lowest BCUT2D eigenvalue weighted by atomic mass is 9.88. The number of likely N-dealkylation sites (N-methyl/N-ethyl adjacent to an activating group) is 1. The molecule has 0 saturated carbocycles. The fraction of sp³-hybridized carbons (Fsp3) is 0.538. The number of fused-ring (bicyclic) bond motifs is 1. The summed E-state index contributed by atoms with van der Waals surface area (Å²) < 4.78 is 0. The lowest BCUT2D eigenvalue weighted by Crippen LogP contribution is -2.32. The molecule has 4 nitrogen and oxygen atoms in total. The summed E-state index contributed by atoms with van der Waals surface area (Å²) >= 11 is 1.63. The third-order valence-electron chi connectivity index (χ3n) is 3.35. The van der Waals surface area contributed by atoms with Crippen LogP contribution < -0.4 is 0 Å². The molecule has 98 valence electrons. The van der Waals surface area contributed by atoms with Crippen molar-refractivity contribution in [3.63, 3.8) is 0 Å². The van der Waals surface area contributed by atoms with Crippen LogP contribution >= 0.6 is 11.3 Å². The molecule has 0 saturated heterocycles. The number of carboxylic acid groups (broad SMARTS) is 1. The maximum atomic E-state index is 12.2. The molecule has 1 aliphatic rings. The van der Waals surface area contributed by atoms with Gasteiger partial charge in [0.25, 0.3) is 5.91 Å². The third kappa shape index (κ3) is 2.56. The van der Waals surface area contributed by atoms with E-state index in [4.69, 9.17) is 5.11 Å². The monoisotopic (exact) mass is 267 g/mol. The second kappa shape index (κ2) is 5.10. The second-order valence-corrected chi connectivity index (χ2v) is 5.92. The van der Waals surface area contributed by atoms with Gasteiger partial charge in [0.15, 0.2) is 0 Å². The van der Waals surface area contributed by atoms with Gasteiger partial charge in [-0.1, -0.05) is 6.92 Å². The molecule has 0 radical (unpaired) electrons. The molecule has 0 bridgehead atoms. The molecule has 0 aromatic carbocycles. The van der Waals surface area contributed by atoms with Crippen LogP contribution in [-0.2, 0) is 17.6 Å². The van der Waals surface area contributed by atoms with Crippen LogP contribution in [0.5, 0.6) is 0 Å². The Labute approximate surface area is 110 Å². The van der Waals surface area contributed by atoms with Crippen LogP contribution in [-0.4, -0.2) is 35.5 Å². The van der Waals surface area contributed by atoms with Gasteiger partial charge in [-0.2, -0.15) is 0 Å². The van der Waals surface area contributed by atoms with Crippen molar-refractivity contribution in [1.29, 1.82) is 0 Å². The van der Waals surface area contributed by atoms with Crippen LogP contribution in [0.4, 0.5) is 0 Å². The Kier molecular flexibility index (Phi) is 3.71. The molecule has 2 rings (SSSR count). The fourth-order valence-corrected chi connectivity index (χ4v) is 3.58. The lowest BCUT2D eigenvalue weighted by molar-refractivity contribution is -0.137. The predicted octanol–water partition coefficient (Wildman–Crippen LogP) is 2.03. The van der Waals surface area contributed by atoms with E-state index in [1.54, 1.807) is 11.3 Å². The van der Waals surface area contributed by atoms with Crippen molar-refractivity contribution < 1.29 is 14.7 Å². The summed E-state index contributed by atoms with van der Waals surface area (Å²) in [5.74, 6) is -0.483. The Bertz CT molecular complexity index is 481. The molecule has 0 spiro atoms. The van der Waals surface area contributed by atoms with E-state index in [1.165, 1.54) is 16.8 Å². The van der Waals surface area contributed by atoms with E-state index in [0.29, 0.717) is 11.5 Å². The van der Waals surface area contributed by atoms with Gasteiger partial charge in [-0.05, 0) is 30.7 Å². The number of amides is 1. The SMILES string of the molecule is CC1CCc2c(C(=O)N(C)CC(=O)O)csc2C1. The number of carboxylic acids is 1. The van der Waals surface area contributed by atoms with Crippen LogP contribution in [0.15, 0.2) is 5.38 Å². The van der Waals surface area contributed by atoms with Gasteiger partial charge >= 0.3 is 5.97 Å². The number of carbonyl (C=O) groups is 2. The minimum absolute atomic E-state index is 0.176. The average molecular weight is 267 g/mol. The maximum Gasteiger partial charge on any atom is 0.323 e. The molecular weight excluding hydrogens is 250 g/mol. The summed E-state index contributed by atoms with van der Waals surface area (Å²) in [6.07, 6.45) is 3.07. The van der Waals surface area contributed by atoms with E-state index < -0.39 is 5.97 Å². The highest BCUT2D eigenvalue weighted by molar-refractivity contribution is 7.10. The van der Waals surface area contributed by atoms with Gasteiger partial charge < -0.3 is 10.0 Å². The molecule has 0 aliphatic heterocycles. The number of carbonyl (C=O) groups excluding carboxylic acids is 1. The van der Waals surface area contributed by atoms with Gasteiger partial charge in [0.1, 0.15) is 6.54 Å². The molecule has 1 amide bonds. The average Bonchev–Trinajstić information content (AvgIpc) is 2.69. The van der Waals surface area contributed by atoms with Crippen LogP contribution in [0.2, 0.25) is 0 Å². The summed E-state index contributed by atoms with van der Waals surface area (Å²) in [5, 5.41) is 10.6. The first-order valence-corrected chi connectivity index (χ1v) is 6.93. The summed E-state index contributed by atoms with van der Waals surface area (Å²) in [7, 11) is 1.53. The largest absolute Gasteiger partial charge is 0.480 e. The molecule has 1 heterocycles. The zero-order chi connectivity index (χ0) is 13.3. The number of hydrogen-bond donors (Lipinski definition) is 1. The third-order valence-corrected chi connectivity index (χ3v) is 4.40. The Hall–Kier alpha value is -1.36. The number of thiophene rings is 1.